The number of nitrogens with one attached hydrogen (secondary N) is 2. The van der Waals surface area contributed by atoms with Gasteiger partial charge in [0.15, 0.2) is 0 Å². The number of rotatable bonds is 7. The Balaban J connectivity index is 2.01. The number of aromatic nitrogens is 1. The van der Waals surface area contributed by atoms with Crippen LogP contribution in [0.15, 0.2) is 46.0 Å². The summed E-state index contributed by atoms with van der Waals surface area (Å²) in [6.45, 7) is 3.40. The first kappa shape index (κ1) is 14.7. The summed E-state index contributed by atoms with van der Waals surface area (Å²) >= 11 is 0. The van der Waals surface area contributed by atoms with Crippen LogP contribution in [0.5, 0.6) is 0 Å². The van der Waals surface area contributed by atoms with Gasteiger partial charge in [-0.1, -0.05) is 13.0 Å². The summed E-state index contributed by atoms with van der Waals surface area (Å²) in [4.78, 5) is 4.05. The van der Waals surface area contributed by atoms with Crippen molar-refractivity contribution < 1.29 is 12.8 Å². The zero-order valence-electron chi connectivity index (χ0n) is 11.2. The van der Waals surface area contributed by atoms with Crippen molar-refractivity contribution in [2.75, 3.05) is 6.54 Å². The van der Waals surface area contributed by atoms with Crippen molar-refractivity contribution in [2.24, 2.45) is 0 Å². The summed E-state index contributed by atoms with van der Waals surface area (Å²) < 4.78 is 31.8. The minimum atomic E-state index is -3.65. The zero-order valence-corrected chi connectivity index (χ0v) is 12.0. The van der Waals surface area contributed by atoms with E-state index in [1.165, 1.54) is 6.07 Å². The smallest absolute Gasteiger partial charge is 0.274 e. The van der Waals surface area contributed by atoms with E-state index < -0.39 is 10.0 Å². The summed E-state index contributed by atoms with van der Waals surface area (Å²) in [5, 5.41) is 2.99. The Bertz CT molecular complexity index is 638. The van der Waals surface area contributed by atoms with Crippen LogP contribution >= 0.6 is 0 Å². The molecule has 2 aromatic heterocycles. The molecule has 2 aromatic rings. The molecule has 0 aliphatic carbocycles. The third-order valence-corrected chi connectivity index (χ3v) is 3.89. The van der Waals surface area contributed by atoms with Gasteiger partial charge in [0, 0.05) is 6.20 Å². The lowest BCUT2D eigenvalue weighted by Gasteiger charge is -2.03. The second-order valence-corrected chi connectivity index (χ2v) is 5.84. The Labute approximate surface area is 118 Å². The largest absolute Gasteiger partial charge is 0.447 e. The molecule has 108 valence electrons. The number of pyridine rings is 1. The topological polar surface area (TPSA) is 84.2 Å². The number of hydrogen-bond acceptors (Lipinski definition) is 5. The van der Waals surface area contributed by atoms with Gasteiger partial charge in [-0.3, -0.25) is 4.98 Å². The first-order chi connectivity index (χ1) is 9.62. The summed E-state index contributed by atoms with van der Waals surface area (Å²) in [5.41, 5.74) is 0.649. The maximum Gasteiger partial charge on any atom is 0.274 e. The van der Waals surface area contributed by atoms with E-state index in [2.05, 4.69) is 15.0 Å². The van der Waals surface area contributed by atoms with Crippen LogP contribution in [0.25, 0.3) is 0 Å². The Morgan fingerprint density at radius 3 is 2.75 bits per heavy atom. The highest BCUT2D eigenvalue weighted by atomic mass is 32.2. The number of hydrogen-bond donors (Lipinski definition) is 2. The zero-order chi connectivity index (χ0) is 14.4. The van der Waals surface area contributed by atoms with Gasteiger partial charge < -0.3 is 9.73 Å². The molecule has 0 saturated heterocycles. The average molecular weight is 295 g/mol. The van der Waals surface area contributed by atoms with Gasteiger partial charge in [0.05, 0.1) is 18.8 Å². The fourth-order valence-corrected chi connectivity index (χ4v) is 2.53. The van der Waals surface area contributed by atoms with E-state index in [0.717, 1.165) is 6.54 Å². The van der Waals surface area contributed by atoms with Gasteiger partial charge >= 0.3 is 0 Å². The van der Waals surface area contributed by atoms with E-state index >= 15 is 0 Å². The van der Waals surface area contributed by atoms with E-state index in [4.69, 9.17) is 4.42 Å². The monoisotopic (exact) mass is 295 g/mol. The lowest BCUT2D eigenvalue weighted by molar-refractivity contribution is 0.401. The van der Waals surface area contributed by atoms with Crippen molar-refractivity contribution >= 4 is 10.0 Å². The molecule has 0 unspecified atom stereocenters. The normalized spacial score (nSPS) is 11.7. The maximum absolute atomic E-state index is 12.0. The second-order valence-electron chi connectivity index (χ2n) is 4.15. The minimum absolute atomic E-state index is 0.0821. The van der Waals surface area contributed by atoms with Crippen molar-refractivity contribution in [3.05, 3.63) is 48.0 Å². The third kappa shape index (κ3) is 3.89. The summed E-state index contributed by atoms with van der Waals surface area (Å²) in [6, 6.07) is 8.43. The molecule has 0 bridgehead atoms. The molecule has 2 heterocycles. The summed E-state index contributed by atoms with van der Waals surface area (Å²) in [7, 11) is -3.65. The molecule has 0 aliphatic heterocycles. The van der Waals surface area contributed by atoms with E-state index in [-0.39, 0.29) is 11.6 Å². The molecule has 20 heavy (non-hydrogen) atoms. The first-order valence-electron chi connectivity index (χ1n) is 6.31. The molecule has 0 aromatic carbocycles. The molecule has 0 saturated carbocycles. The molecule has 0 radical (unpaired) electrons. The van der Waals surface area contributed by atoms with Crippen molar-refractivity contribution in [3.8, 4) is 0 Å². The molecule has 7 heteroatoms. The average Bonchev–Trinajstić information content (AvgIpc) is 2.94. The van der Waals surface area contributed by atoms with Gasteiger partial charge in [0.1, 0.15) is 5.76 Å². The van der Waals surface area contributed by atoms with Gasteiger partial charge in [-0.15, -0.1) is 0 Å². The lowest BCUT2D eigenvalue weighted by atomic mass is 10.4. The van der Waals surface area contributed by atoms with Crippen LogP contribution in [0.1, 0.15) is 18.4 Å². The van der Waals surface area contributed by atoms with Gasteiger partial charge in [-0.25, -0.2) is 13.1 Å². The van der Waals surface area contributed by atoms with E-state index in [1.54, 1.807) is 30.5 Å². The predicted molar refractivity (Wildman–Crippen MR) is 74.4 cm³/mol. The van der Waals surface area contributed by atoms with Crippen LogP contribution in [0, 0.1) is 0 Å². The molecule has 0 amide bonds. The maximum atomic E-state index is 12.0. The SMILES string of the molecule is CCNCc1ccc(S(=O)(=O)NCc2ccccn2)o1. The first-order valence-corrected chi connectivity index (χ1v) is 7.79. The Morgan fingerprint density at radius 2 is 2.05 bits per heavy atom. The van der Waals surface area contributed by atoms with Gasteiger partial charge in [-0.2, -0.15) is 0 Å². The number of nitrogens with zero attached hydrogens (tertiary/aromatic N) is 1. The predicted octanol–water partition coefficient (Wildman–Crippen LogP) is 1.26. The van der Waals surface area contributed by atoms with Crippen LogP contribution < -0.4 is 10.0 Å². The van der Waals surface area contributed by atoms with Gasteiger partial charge in [-0.05, 0) is 30.8 Å². The minimum Gasteiger partial charge on any atom is -0.447 e. The third-order valence-electron chi connectivity index (χ3n) is 2.62. The van der Waals surface area contributed by atoms with Crippen LogP contribution in [-0.2, 0) is 23.1 Å². The highest BCUT2D eigenvalue weighted by Crippen LogP contribution is 2.14. The Kier molecular flexibility index (Phi) is 4.89. The van der Waals surface area contributed by atoms with Gasteiger partial charge in [0.25, 0.3) is 10.0 Å². The van der Waals surface area contributed by atoms with Crippen molar-refractivity contribution in [3.63, 3.8) is 0 Å². The quantitative estimate of drug-likeness (QED) is 0.803. The van der Waals surface area contributed by atoms with Gasteiger partial charge in [0.2, 0.25) is 5.09 Å². The van der Waals surface area contributed by atoms with Crippen molar-refractivity contribution in [2.45, 2.75) is 25.1 Å². The fraction of sp³-hybridized carbons (Fsp3) is 0.308. The lowest BCUT2D eigenvalue weighted by Crippen LogP contribution is -2.23. The highest BCUT2D eigenvalue weighted by molar-refractivity contribution is 7.89. The van der Waals surface area contributed by atoms with Crippen LogP contribution in [0.4, 0.5) is 0 Å². The molecule has 0 spiro atoms. The summed E-state index contributed by atoms with van der Waals surface area (Å²) in [6.07, 6.45) is 1.62. The number of furan rings is 1. The Morgan fingerprint density at radius 1 is 1.20 bits per heavy atom. The van der Waals surface area contributed by atoms with E-state index in [0.29, 0.717) is 18.0 Å². The fourth-order valence-electron chi connectivity index (χ4n) is 1.59. The Hall–Kier alpha value is -1.70. The van der Waals surface area contributed by atoms with Crippen LogP contribution in [0.2, 0.25) is 0 Å². The van der Waals surface area contributed by atoms with Crippen molar-refractivity contribution in [1.82, 2.24) is 15.0 Å². The molecule has 0 atom stereocenters. The van der Waals surface area contributed by atoms with E-state index in [9.17, 15) is 8.42 Å². The van der Waals surface area contributed by atoms with Crippen molar-refractivity contribution in [1.29, 1.82) is 0 Å². The highest BCUT2D eigenvalue weighted by Gasteiger charge is 2.18. The molecule has 2 N–H and O–H groups in total. The van der Waals surface area contributed by atoms with Crippen LogP contribution in [-0.4, -0.2) is 19.9 Å². The second kappa shape index (κ2) is 6.65. The molecule has 0 aliphatic rings. The number of sulfonamides is 1. The van der Waals surface area contributed by atoms with Crippen LogP contribution in [0.3, 0.4) is 0 Å². The molecular formula is C13H17N3O3S. The standard InChI is InChI=1S/C13H17N3O3S/c1-2-14-10-12-6-7-13(19-12)20(17,18)16-9-11-5-3-4-8-15-11/h3-8,14,16H,2,9-10H2,1H3. The molecular weight excluding hydrogens is 278 g/mol. The van der Waals surface area contributed by atoms with E-state index in [1.807, 2.05) is 6.92 Å². The molecule has 6 nitrogen and oxygen atoms in total. The molecule has 0 fully saturated rings. The molecule has 2 rings (SSSR count). The summed E-state index contributed by atoms with van der Waals surface area (Å²) in [5.74, 6) is 0.588.